The zero-order chi connectivity index (χ0) is 16.1. The molecule has 0 heterocycles. The van der Waals surface area contributed by atoms with Crippen molar-refractivity contribution in [2.24, 2.45) is 0 Å². The van der Waals surface area contributed by atoms with Gasteiger partial charge in [0.25, 0.3) is 0 Å². The van der Waals surface area contributed by atoms with E-state index in [1.807, 2.05) is 0 Å². The van der Waals surface area contributed by atoms with Gasteiger partial charge in [-0.25, -0.2) is 8.42 Å². The Morgan fingerprint density at radius 2 is 0.900 bits per heavy atom. The van der Waals surface area contributed by atoms with Crippen LogP contribution in [-0.4, -0.2) is 41.7 Å². The largest absolute Gasteiger partial charge is 1.00 e. The van der Waals surface area contributed by atoms with E-state index in [9.17, 15) is 56.9 Å². The van der Waals surface area contributed by atoms with Crippen LogP contribution in [0, 0.1) is 0 Å². The second kappa shape index (κ2) is 5.52. The summed E-state index contributed by atoms with van der Waals surface area (Å²) >= 11 is 0. The van der Waals surface area contributed by atoms with Gasteiger partial charge < -0.3 is 4.55 Å². The quantitative estimate of drug-likeness (QED) is 0.289. The Labute approximate surface area is 115 Å². The minimum atomic E-state index is -7.50. The Hall–Kier alpha value is -0.233. The van der Waals surface area contributed by atoms with E-state index >= 15 is 0 Å². The smallest absolute Gasteiger partial charge is 0.735 e. The van der Waals surface area contributed by atoms with E-state index in [0.29, 0.717) is 0 Å². The van der Waals surface area contributed by atoms with Crippen LogP contribution in [0.15, 0.2) is 0 Å². The van der Waals surface area contributed by atoms with Crippen LogP contribution in [0.3, 0.4) is 0 Å². The summed E-state index contributed by atoms with van der Waals surface area (Å²) in [6.07, 6.45) is -14.3. The fraction of sp³-hybridized carbons (Fsp3) is 1.00. The molecule has 116 valence electrons. The van der Waals surface area contributed by atoms with E-state index in [4.69, 9.17) is 0 Å². The third-order valence-electron chi connectivity index (χ3n) is 1.42. The van der Waals surface area contributed by atoms with Gasteiger partial charge >= 0.3 is 43.3 Å². The Morgan fingerprint density at radius 3 is 1.00 bits per heavy atom. The summed E-state index contributed by atoms with van der Waals surface area (Å²) in [6.45, 7) is 0. The van der Waals surface area contributed by atoms with Crippen molar-refractivity contribution < 1.29 is 75.7 Å². The van der Waals surface area contributed by atoms with Gasteiger partial charge in [-0.2, -0.15) is 43.9 Å². The average Bonchev–Trinajstić information content (AvgIpc) is 1.93. The minimum Gasteiger partial charge on any atom is -0.735 e. The summed E-state index contributed by atoms with van der Waals surface area (Å²) in [4.78, 5) is 0. The fourth-order valence-corrected chi connectivity index (χ4v) is 1.46. The number of halogens is 10. The summed E-state index contributed by atoms with van der Waals surface area (Å²) in [6, 6.07) is -14.5. The molecule has 16 heteroatoms. The molecule has 0 aromatic heterocycles. The van der Waals surface area contributed by atoms with Gasteiger partial charge in [0.15, 0.2) is 10.3 Å². The van der Waals surface area contributed by atoms with Gasteiger partial charge in [0.2, 0.25) is 0 Å². The van der Waals surface area contributed by atoms with Crippen molar-refractivity contribution in [1.82, 2.24) is 4.31 Å². The Bertz CT molecular complexity index is 414. The standard InChI is InChI=1S/C4HF10NO3S.Li/c5-1(6,7)3(11,12)15(19(16,17)18)4(13,14)2(8,9)10;/h(H,16,17,18);/q;+1/p-1. The first-order valence-corrected chi connectivity index (χ1v) is 4.88. The molecule has 0 amide bonds. The summed E-state index contributed by atoms with van der Waals surface area (Å²) in [5.74, 6) is 0. The first-order valence-electron chi connectivity index (χ1n) is 3.52. The van der Waals surface area contributed by atoms with Gasteiger partial charge in [-0.1, -0.05) is 4.31 Å². The van der Waals surface area contributed by atoms with Crippen molar-refractivity contribution in [3.05, 3.63) is 0 Å². The summed E-state index contributed by atoms with van der Waals surface area (Å²) < 4.78 is 145. The molecule has 0 saturated carbocycles. The van der Waals surface area contributed by atoms with Crippen LogP contribution >= 0.6 is 0 Å². The third kappa shape index (κ3) is 3.90. The van der Waals surface area contributed by atoms with E-state index in [1.54, 1.807) is 0 Å². The maximum atomic E-state index is 12.4. The summed E-state index contributed by atoms with van der Waals surface area (Å²) in [5.41, 5.74) is 0. The topological polar surface area (TPSA) is 60.4 Å². The molecule has 0 unspecified atom stereocenters. The van der Waals surface area contributed by atoms with Crippen LogP contribution in [0.5, 0.6) is 0 Å². The number of rotatable bonds is 3. The number of nitrogens with zero attached hydrogens (tertiary/aromatic N) is 1. The zero-order valence-corrected chi connectivity index (χ0v) is 9.68. The molecular weight excluding hydrogens is 339 g/mol. The van der Waals surface area contributed by atoms with Gasteiger partial charge in [-0.3, -0.25) is 0 Å². The van der Waals surface area contributed by atoms with Gasteiger partial charge in [-0.05, 0) is 0 Å². The van der Waals surface area contributed by atoms with Gasteiger partial charge in [-0.15, -0.1) is 0 Å². The van der Waals surface area contributed by atoms with Crippen molar-refractivity contribution in [1.29, 1.82) is 0 Å². The van der Waals surface area contributed by atoms with E-state index in [1.165, 1.54) is 0 Å². The molecule has 4 nitrogen and oxygen atoms in total. The van der Waals surface area contributed by atoms with Crippen molar-refractivity contribution >= 4 is 10.3 Å². The molecule has 0 aliphatic rings. The molecule has 0 atom stereocenters. The molecular formula is C4F10LiNO3S. The summed E-state index contributed by atoms with van der Waals surface area (Å²) in [7, 11) is -7.50. The molecule has 0 rings (SSSR count). The molecule has 0 fully saturated rings. The summed E-state index contributed by atoms with van der Waals surface area (Å²) in [5, 5.41) is 0. The second-order valence-corrected chi connectivity index (χ2v) is 4.02. The monoisotopic (exact) mass is 339 g/mol. The maximum absolute atomic E-state index is 12.4. The molecule has 0 aliphatic heterocycles. The normalized spacial score (nSPS) is 15.2. The van der Waals surface area contributed by atoms with Crippen molar-refractivity contribution in [3.63, 3.8) is 0 Å². The third-order valence-corrected chi connectivity index (χ3v) is 2.32. The van der Waals surface area contributed by atoms with Crippen LogP contribution in [0.25, 0.3) is 0 Å². The first-order chi connectivity index (χ1) is 7.87. The Balaban J connectivity index is 0. The SMILES string of the molecule is O=S(=O)([O-])N(C(F)(F)C(F)(F)F)C(F)(F)C(F)(F)F.[Li+]. The predicted octanol–water partition coefficient (Wildman–Crippen LogP) is -0.937. The molecule has 0 bridgehead atoms. The Morgan fingerprint density at radius 1 is 0.700 bits per heavy atom. The van der Waals surface area contributed by atoms with Gasteiger partial charge in [0, 0.05) is 0 Å². The van der Waals surface area contributed by atoms with Crippen LogP contribution in [0.4, 0.5) is 43.9 Å². The molecule has 0 saturated heterocycles. The molecule has 0 radical (unpaired) electrons. The minimum absolute atomic E-state index is 0. The number of hydrogen-bond donors (Lipinski definition) is 0. The number of hydrogen-bond acceptors (Lipinski definition) is 3. The first kappa shape index (κ1) is 22.1. The molecule has 0 aromatic carbocycles. The molecule has 0 aromatic rings. The van der Waals surface area contributed by atoms with E-state index in [-0.39, 0.29) is 18.9 Å². The fourth-order valence-electron chi connectivity index (χ4n) is 0.687. The van der Waals surface area contributed by atoms with Crippen molar-refractivity contribution in [2.75, 3.05) is 0 Å². The predicted molar refractivity (Wildman–Crippen MR) is 33.5 cm³/mol. The molecule has 0 N–H and O–H groups in total. The average molecular weight is 339 g/mol. The van der Waals surface area contributed by atoms with Crippen LogP contribution < -0.4 is 18.9 Å². The zero-order valence-electron chi connectivity index (χ0n) is 8.86. The second-order valence-electron chi connectivity index (χ2n) is 2.80. The van der Waals surface area contributed by atoms with Crippen LogP contribution in [0.1, 0.15) is 0 Å². The van der Waals surface area contributed by atoms with E-state index in [0.717, 1.165) is 0 Å². The molecule has 0 aliphatic carbocycles. The van der Waals surface area contributed by atoms with E-state index < -0.39 is 39.1 Å². The van der Waals surface area contributed by atoms with Crippen LogP contribution in [-0.2, 0) is 10.3 Å². The van der Waals surface area contributed by atoms with Crippen LogP contribution in [0.2, 0.25) is 0 Å². The molecule has 20 heavy (non-hydrogen) atoms. The Kier molecular flexibility index (Phi) is 6.08. The van der Waals surface area contributed by atoms with Gasteiger partial charge in [0.1, 0.15) is 0 Å². The molecule has 0 spiro atoms. The maximum Gasteiger partial charge on any atom is 1.00 e. The number of alkyl halides is 10. The van der Waals surface area contributed by atoms with Crippen molar-refractivity contribution in [3.8, 4) is 0 Å². The van der Waals surface area contributed by atoms with Gasteiger partial charge in [0.05, 0.1) is 0 Å². The van der Waals surface area contributed by atoms with E-state index in [2.05, 4.69) is 0 Å². The van der Waals surface area contributed by atoms with Crippen molar-refractivity contribution in [2.45, 2.75) is 24.4 Å².